The minimum atomic E-state index is 0.329. The van der Waals surface area contributed by atoms with Crippen molar-refractivity contribution in [1.82, 2.24) is 4.98 Å². The Morgan fingerprint density at radius 1 is 1.00 bits per heavy atom. The zero-order chi connectivity index (χ0) is 12.4. The van der Waals surface area contributed by atoms with Gasteiger partial charge in [0.15, 0.2) is 11.7 Å². The number of nitrogens with zero attached hydrogens (tertiary/aromatic N) is 1. The van der Waals surface area contributed by atoms with Crippen molar-refractivity contribution in [2.75, 3.05) is 0 Å². The fraction of sp³-hybridized carbons (Fsp3) is 0.400. The number of hydrogen-bond acceptors (Lipinski definition) is 2. The SMILES string of the molecule is CC(C)c1ncc(-c2ccccc2C(C)C)o1. The zero-order valence-corrected chi connectivity index (χ0v) is 10.9. The fourth-order valence-electron chi connectivity index (χ4n) is 1.90. The molecular formula is C15H19NO. The van der Waals surface area contributed by atoms with Crippen molar-refractivity contribution in [2.45, 2.75) is 39.5 Å². The van der Waals surface area contributed by atoms with Gasteiger partial charge in [-0.3, -0.25) is 0 Å². The average Bonchev–Trinajstić information content (AvgIpc) is 2.78. The first-order valence-electron chi connectivity index (χ1n) is 6.14. The van der Waals surface area contributed by atoms with Crippen molar-refractivity contribution in [1.29, 1.82) is 0 Å². The lowest BCUT2D eigenvalue weighted by Gasteiger charge is -2.10. The smallest absolute Gasteiger partial charge is 0.197 e. The molecular weight excluding hydrogens is 210 g/mol. The molecule has 0 aliphatic rings. The van der Waals surface area contributed by atoms with Crippen molar-refractivity contribution in [3.8, 4) is 11.3 Å². The molecule has 1 aromatic heterocycles. The maximum atomic E-state index is 5.81. The van der Waals surface area contributed by atoms with E-state index in [1.54, 1.807) is 0 Å². The summed E-state index contributed by atoms with van der Waals surface area (Å²) >= 11 is 0. The largest absolute Gasteiger partial charge is 0.440 e. The van der Waals surface area contributed by atoms with Crippen LogP contribution in [0.4, 0.5) is 0 Å². The molecule has 0 saturated carbocycles. The van der Waals surface area contributed by atoms with Gasteiger partial charge in [0.25, 0.3) is 0 Å². The molecule has 2 aromatic rings. The van der Waals surface area contributed by atoms with E-state index in [1.165, 1.54) is 5.56 Å². The molecule has 90 valence electrons. The fourth-order valence-corrected chi connectivity index (χ4v) is 1.90. The topological polar surface area (TPSA) is 26.0 Å². The molecule has 0 bridgehead atoms. The van der Waals surface area contributed by atoms with Crippen LogP contribution in [-0.4, -0.2) is 4.98 Å². The Morgan fingerprint density at radius 2 is 1.71 bits per heavy atom. The van der Waals surface area contributed by atoms with Gasteiger partial charge < -0.3 is 4.42 Å². The van der Waals surface area contributed by atoms with Gasteiger partial charge in [-0.05, 0) is 11.5 Å². The van der Waals surface area contributed by atoms with Crippen molar-refractivity contribution in [3.63, 3.8) is 0 Å². The summed E-state index contributed by atoms with van der Waals surface area (Å²) in [5, 5.41) is 0. The molecule has 0 fully saturated rings. The van der Waals surface area contributed by atoms with E-state index in [1.807, 2.05) is 12.3 Å². The van der Waals surface area contributed by atoms with Crippen LogP contribution in [0, 0.1) is 0 Å². The second kappa shape index (κ2) is 4.74. The molecule has 0 radical (unpaired) electrons. The van der Waals surface area contributed by atoms with Crippen LogP contribution in [0.2, 0.25) is 0 Å². The quantitative estimate of drug-likeness (QED) is 0.769. The Balaban J connectivity index is 2.45. The molecule has 0 aliphatic heterocycles. The summed E-state index contributed by atoms with van der Waals surface area (Å²) in [6, 6.07) is 8.36. The van der Waals surface area contributed by atoms with Crippen LogP contribution in [0.25, 0.3) is 11.3 Å². The van der Waals surface area contributed by atoms with E-state index in [9.17, 15) is 0 Å². The van der Waals surface area contributed by atoms with E-state index in [4.69, 9.17) is 4.42 Å². The number of hydrogen-bond donors (Lipinski definition) is 0. The van der Waals surface area contributed by atoms with Crippen molar-refractivity contribution >= 4 is 0 Å². The number of benzene rings is 1. The summed E-state index contributed by atoms with van der Waals surface area (Å²) in [5.41, 5.74) is 2.46. The summed E-state index contributed by atoms with van der Waals surface area (Å²) in [6.45, 7) is 8.56. The van der Waals surface area contributed by atoms with Crippen molar-refractivity contribution in [2.24, 2.45) is 0 Å². The lowest BCUT2D eigenvalue weighted by Crippen LogP contribution is -1.90. The van der Waals surface area contributed by atoms with Crippen LogP contribution >= 0.6 is 0 Å². The van der Waals surface area contributed by atoms with Crippen LogP contribution < -0.4 is 0 Å². The van der Waals surface area contributed by atoms with Crippen LogP contribution in [0.3, 0.4) is 0 Å². The number of oxazole rings is 1. The normalized spacial score (nSPS) is 11.4. The lowest BCUT2D eigenvalue weighted by molar-refractivity contribution is 0.481. The molecule has 0 aliphatic carbocycles. The minimum Gasteiger partial charge on any atom is -0.440 e. The second-order valence-corrected chi connectivity index (χ2v) is 4.96. The lowest BCUT2D eigenvalue weighted by atomic mass is 9.96. The van der Waals surface area contributed by atoms with Gasteiger partial charge in [0, 0.05) is 11.5 Å². The maximum absolute atomic E-state index is 5.81. The van der Waals surface area contributed by atoms with E-state index in [-0.39, 0.29) is 0 Å². The molecule has 0 amide bonds. The Morgan fingerprint density at radius 3 is 2.29 bits per heavy atom. The first kappa shape index (κ1) is 11.9. The second-order valence-electron chi connectivity index (χ2n) is 4.96. The third kappa shape index (κ3) is 2.41. The summed E-state index contributed by atoms with van der Waals surface area (Å²) < 4.78 is 5.81. The van der Waals surface area contributed by atoms with Gasteiger partial charge in [-0.25, -0.2) is 4.98 Å². The Hall–Kier alpha value is -1.57. The summed E-state index contributed by atoms with van der Waals surface area (Å²) in [6.07, 6.45) is 1.83. The molecule has 1 heterocycles. The van der Waals surface area contributed by atoms with E-state index in [0.29, 0.717) is 11.8 Å². The predicted molar refractivity (Wildman–Crippen MR) is 70.1 cm³/mol. The Labute approximate surface area is 103 Å². The molecule has 2 nitrogen and oxygen atoms in total. The average molecular weight is 229 g/mol. The highest BCUT2D eigenvalue weighted by Gasteiger charge is 2.13. The molecule has 2 rings (SSSR count). The highest BCUT2D eigenvalue weighted by Crippen LogP contribution is 2.30. The van der Waals surface area contributed by atoms with E-state index in [0.717, 1.165) is 17.2 Å². The molecule has 0 N–H and O–H groups in total. The third-order valence-corrected chi connectivity index (χ3v) is 2.87. The monoisotopic (exact) mass is 229 g/mol. The minimum absolute atomic E-state index is 0.329. The molecule has 1 aromatic carbocycles. The van der Waals surface area contributed by atoms with Gasteiger partial charge in [-0.15, -0.1) is 0 Å². The van der Waals surface area contributed by atoms with Crippen LogP contribution in [0.15, 0.2) is 34.9 Å². The van der Waals surface area contributed by atoms with Gasteiger partial charge in [0.05, 0.1) is 6.20 Å². The van der Waals surface area contributed by atoms with Gasteiger partial charge >= 0.3 is 0 Å². The molecule has 0 unspecified atom stereocenters. The molecule has 0 saturated heterocycles. The summed E-state index contributed by atoms with van der Waals surface area (Å²) in [4.78, 5) is 4.33. The van der Waals surface area contributed by atoms with Gasteiger partial charge in [0.1, 0.15) is 0 Å². The number of rotatable bonds is 3. The Bertz CT molecular complexity index is 497. The van der Waals surface area contributed by atoms with Gasteiger partial charge in [-0.1, -0.05) is 52.0 Å². The standard InChI is InChI=1S/C15H19NO/c1-10(2)12-7-5-6-8-13(12)14-9-16-15(17-14)11(3)4/h5-11H,1-4H3. The highest BCUT2D eigenvalue weighted by molar-refractivity contribution is 5.62. The van der Waals surface area contributed by atoms with E-state index < -0.39 is 0 Å². The van der Waals surface area contributed by atoms with Crippen molar-refractivity contribution in [3.05, 3.63) is 41.9 Å². The Kier molecular flexibility index (Phi) is 3.32. The summed E-state index contributed by atoms with van der Waals surface area (Å²) in [5.74, 6) is 2.49. The molecule has 0 spiro atoms. The first-order valence-corrected chi connectivity index (χ1v) is 6.14. The number of aromatic nitrogens is 1. The van der Waals surface area contributed by atoms with E-state index in [2.05, 4.69) is 50.9 Å². The van der Waals surface area contributed by atoms with Gasteiger partial charge in [0.2, 0.25) is 0 Å². The summed E-state index contributed by atoms with van der Waals surface area (Å²) in [7, 11) is 0. The molecule has 17 heavy (non-hydrogen) atoms. The van der Waals surface area contributed by atoms with Gasteiger partial charge in [-0.2, -0.15) is 0 Å². The van der Waals surface area contributed by atoms with Crippen molar-refractivity contribution < 1.29 is 4.42 Å². The van der Waals surface area contributed by atoms with Crippen LogP contribution in [-0.2, 0) is 0 Å². The maximum Gasteiger partial charge on any atom is 0.197 e. The predicted octanol–water partition coefficient (Wildman–Crippen LogP) is 4.59. The third-order valence-electron chi connectivity index (χ3n) is 2.87. The highest BCUT2D eigenvalue weighted by atomic mass is 16.4. The first-order chi connectivity index (χ1) is 8.09. The molecule has 0 atom stereocenters. The zero-order valence-electron chi connectivity index (χ0n) is 10.9. The van der Waals surface area contributed by atoms with Crippen LogP contribution in [0.1, 0.15) is 51.0 Å². The van der Waals surface area contributed by atoms with E-state index >= 15 is 0 Å². The molecule has 2 heteroatoms. The van der Waals surface area contributed by atoms with Crippen LogP contribution in [0.5, 0.6) is 0 Å².